The largest absolute Gasteiger partial charge is 0.460 e. The van der Waals surface area contributed by atoms with Crippen LogP contribution in [0.5, 0.6) is 0 Å². The first-order valence-electron chi connectivity index (χ1n) is 16.6. The fourth-order valence-corrected chi connectivity index (χ4v) is 6.95. The monoisotopic (exact) mass is 625 g/mol. The summed E-state index contributed by atoms with van der Waals surface area (Å²) >= 11 is 0. The number of aryl methyl sites for hydroxylation is 1. The lowest BCUT2D eigenvalue weighted by Crippen LogP contribution is -2.47. The Balaban J connectivity index is 1.37. The standard InChI is InChI=1S/C35H43N7O4/c1-3-9-28-33-41-40-32(42(33)21-30(38-28)25-13-8-15-37-20-25)27(16-24-12-7-14-36-19-24)34(43)39-29(17-23-10-5-4-6-11-23)31-18-26(22-45-2)35(44)46-31/h7-8,12-15,19-21,23,26-27,29,31H,3-6,9-11,16-18,22H2,1-2H3,(H,39,43)/t26-,27?,29+,31+/m1/s1. The molecule has 1 saturated carbocycles. The van der Waals surface area contributed by atoms with Gasteiger partial charge in [0, 0.05) is 50.1 Å². The van der Waals surface area contributed by atoms with E-state index in [1.165, 1.54) is 19.3 Å². The molecule has 1 amide bonds. The van der Waals surface area contributed by atoms with Crippen molar-refractivity contribution in [3.8, 4) is 11.3 Å². The van der Waals surface area contributed by atoms with Gasteiger partial charge >= 0.3 is 5.97 Å². The lowest BCUT2D eigenvalue weighted by Gasteiger charge is -2.31. The number of hydrogen-bond donors (Lipinski definition) is 1. The predicted octanol–water partition coefficient (Wildman–Crippen LogP) is 4.89. The maximum atomic E-state index is 14.5. The van der Waals surface area contributed by atoms with Crippen LogP contribution in [-0.2, 0) is 31.9 Å². The van der Waals surface area contributed by atoms with Gasteiger partial charge in [0.2, 0.25) is 5.91 Å². The van der Waals surface area contributed by atoms with E-state index in [-0.39, 0.29) is 23.8 Å². The van der Waals surface area contributed by atoms with E-state index in [9.17, 15) is 9.59 Å². The third kappa shape index (κ3) is 7.25. The van der Waals surface area contributed by atoms with Gasteiger partial charge in [-0.3, -0.25) is 24.0 Å². The van der Waals surface area contributed by atoms with E-state index < -0.39 is 12.0 Å². The number of aromatic nitrogens is 6. The summed E-state index contributed by atoms with van der Waals surface area (Å²) in [5, 5.41) is 12.6. The lowest BCUT2D eigenvalue weighted by atomic mass is 9.82. The summed E-state index contributed by atoms with van der Waals surface area (Å²) in [4.78, 5) is 40.8. The van der Waals surface area contributed by atoms with Crippen LogP contribution in [0.1, 0.15) is 81.3 Å². The second kappa shape index (κ2) is 14.9. The lowest BCUT2D eigenvalue weighted by molar-refractivity contribution is -0.147. The fourth-order valence-electron chi connectivity index (χ4n) is 6.95. The summed E-state index contributed by atoms with van der Waals surface area (Å²) in [6.07, 6.45) is 17.6. The van der Waals surface area contributed by atoms with Gasteiger partial charge < -0.3 is 14.8 Å². The highest BCUT2D eigenvalue weighted by atomic mass is 16.6. The van der Waals surface area contributed by atoms with E-state index >= 15 is 0 Å². The Hall–Kier alpha value is -4.25. The third-order valence-corrected chi connectivity index (χ3v) is 9.30. The highest BCUT2D eigenvalue weighted by Gasteiger charge is 2.41. The van der Waals surface area contributed by atoms with Gasteiger partial charge in [-0.25, -0.2) is 4.98 Å². The van der Waals surface area contributed by atoms with Crippen molar-refractivity contribution in [1.29, 1.82) is 0 Å². The summed E-state index contributed by atoms with van der Waals surface area (Å²) in [6, 6.07) is 7.37. The van der Waals surface area contributed by atoms with E-state index in [4.69, 9.17) is 14.5 Å². The molecule has 1 aliphatic carbocycles. The number of pyridine rings is 2. The van der Waals surface area contributed by atoms with Crippen LogP contribution in [0.2, 0.25) is 0 Å². The number of carbonyl (C=O) groups excluding carboxylic acids is 2. The molecular weight excluding hydrogens is 582 g/mol. The molecule has 46 heavy (non-hydrogen) atoms. The number of amides is 1. The van der Waals surface area contributed by atoms with E-state index in [0.29, 0.717) is 43.3 Å². The first kappa shape index (κ1) is 31.7. The summed E-state index contributed by atoms with van der Waals surface area (Å²) in [7, 11) is 1.59. The van der Waals surface area contributed by atoms with Gasteiger partial charge in [-0.05, 0) is 48.9 Å². The zero-order valence-electron chi connectivity index (χ0n) is 26.7. The van der Waals surface area contributed by atoms with Gasteiger partial charge in [-0.15, -0.1) is 10.2 Å². The minimum absolute atomic E-state index is 0.179. The maximum absolute atomic E-state index is 14.5. The van der Waals surface area contributed by atoms with Crippen LogP contribution >= 0.6 is 0 Å². The molecule has 0 spiro atoms. The third-order valence-electron chi connectivity index (χ3n) is 9.30. The van der Waals surface area contributed by atoms with Gasteiger partial charge in [0.25, 0.3) is 0 Å². The quantitative estimate of drug-likeness (QED) is 0.206. The second-order valence-electron chi connectivity index (χ2n) is 12.7. The Morgan fingerprint density at radius 1 is 1.11 bits per heavy atom. The summed E-state index contributed by atoms with van der Waals surface area (Å²) in [5.74, 6) is -0.458. The van der Waals surface area contributed by atoms with Crippen molar-refractivity contribution in [2.75, 3.05) is 13.7 Å². The minimum Gasteiger partial charge on any atom is -0.460 e. The topological polar surface area (TPSA) is 133 Å². The molecule has 1 saturated heterocycles. The second-order valence-corrected chi connectivity index (χ2v) is 12.7. The molecule has 6 rings (SSSR count). The SMILES string of the molecule is CCCc1nc(-c2cccnc2)cn2c(C(Cc3cccnc3)C(=O)N[C@@H](CC3CCCCC3)[C@@H]3C[C@H](COC)C(=O)O3)nnc12. The predicted molar refractivity (Wildman–Crippen MR) is 172 cm³/mol. The molecule has 2 fully saturated rings. The van der Waals surface area contributed by atoms with Crippen molar-refractivity contribution in [3.63, 3.8) is 0 Å². The van der Waals surface area contributed by atoms with Gasteiger partial charge in [-0.1, -0.05) is 51.5 Å². The number of rotatable bonds is 13. The van der Waals surface area contributed by atoms with Gasteiger partial charge in [0.1, 0.15) is 17.8 Å². The summed E-state index contributed by atoms with van der Waals surface area (Å²) in [5.41, 5.74) is 3.98. The zero-order chi connectivity index (χ0) is 31.9. The van der Waals surface area contributed by atoms with Crippen LogP contribution < -0.4 is 5.32 Å². The molecular formula is C35H43N7O4. The number of carbonyl (C=O) groups is 2. The molecule has 4 aromatic rings. The summed E-state index contributed by atoms with van der Waals surface area (Å²) in [6.45, 7) is 2.41. The van der Waals surface area contributed by atoms with Crippen LogP contribution in [0.25, 0.3) is 16.9 Å². The molecule has 1 unspecified atom stereocenters. The molecule has 5 heterocycles. The number of fused-ring (bicyclic) bond motifs is 1. The Bertz CT molecular complexity index is 1610. The number of ether oxygens (including phenoxy) is 2. The van der Waals surface area contributed by atoms with E-state index in [0.717, 1.165) is 48.2 Å². The molecule has 0 aromatic carbocycles. The number of nitrogens with one attached hydrogen (secondary N) is 1. The van der Waals surface area contributed by atoms with Crippen LogP contribution in [0.3, 0.4) is 0 Å². The average Bonchev–Trinajstić information content (AvgIpc) is 3.68. The summed E-state index contributed by atoms with van der Waals surface area (Å²) < 4.78 is 13.1. The number of methoxy groups -OCH3 is 1. The molecule has 0 bridgehead atoms. The smallest absolute Gasteiger partial charge is 0.311 e. The zero-order valence-corrected chi connectivity index (χ0v) is 26.7. The molecule has 4 aromatic heterocycles. The fraction of sp³-hybridized carbons (Fsp3) is 0.514. The Morgan fingerprint density at radius 2 is 1.91 bits per heavy atom. The van der Waals surface area contributed by atoms with Gasteiger partial charge in [-0.2, -0.15) is 0 Å². The number of cyclic esters (lactones) is 1. The first-order valence-corrected chi connectivity index (χ1v) is 16.6. The number of esters is 1. The number of nitrogens with zero attached hydrogens (tertiary/aromatic N) is 6. The Labute approximate surface area is 269 Å². The first-order chi connectivity index (χ1) is 22.5. The average molecular weight is 626 g/mol. The molecule has 1 N–H and O–H groups in total. The van der Waals surface area contributed by atoms with Crippen LogP contribution in [0.4, 0.5) is 0 Å². The van der Waals surface area contributed by atoms with Crippen molar-refractivity contribution < 1.29 is 19.1 Å². The van der Waals surface area contributed by atoms with Crippen LogP contribution in [-0.4, -0.2) is 67.3 Å². The van der Waals surface area contributed by atoms with Crippen molar-refractivity contribution in [2.45, 2.75) is 89.2 Å². The molecule has 11 nitrogen and oxygen atoms in total. The molecule has 2 aliphatic rings. The van der Waals surface area contributed by atoms with Crippen molar-refractivity contribution >= 4 is 17.5 Å². The molecule has 242 valence electrons. The minimum atomic E-state index is -0.682. The molecule has 1 aliphatic heterocycles. The van der Waals surface area contributed by atoms with Gasteiger partial charge in [0.15, 0.2) is 5.65 Å². The molecule has 4 atom stereocenters. The highest BCUT2D eigenvalue weighted by Crippen LogP contribution is 2.33. The Kier molecular flexibility index (Phi) is 10.3. The molecule has 0 radical (unpaired) electrons. The normalized spacial score (nSPS) is 20.0. The maximum Gasteiger partial charge on any atom is 0.311 e. The van der Waals surface area contributed by atoms with E-state index in [2.05, 4.69) is 32.4 Å². The van der Waals surface area contributed by atoms with Gasteiger partial charge in [0.05, 0.1) is 30.0 Å². The van der Waals surface area contributed by atoms with E-state index in [1.807, 2.05) is 34.9 Å². The Morgan fingerprint density at radius 3 is 2.63 bits per heavy atom. The molecule has 11 heteroatoms. The van der Waals surface area contributed by atoms with E-state index in [1.54, 1.807) is 31.9 Å². The number of hydrogen-bond acceptors (Lipinski definition) is 9. The van der Waals surface area contributed by atoms with Crippen molar-refractivity contribution in [2.24, 2.45) is 11.8 Å². The van der Waals surface area contributed by atoms with Crippen molar-refractivity contribution in [1.82, 2.24) is 34.9 Å². The van der Waals surface area contributed by atoms with Crippen LogP contribution in [0, 0.1) is 11.8 Å². The highest BCUT2D eigenvalue weighted by molar-refractivity contribution is 5.84. The van der Waals surface area contributed by atoms with Crippen LogP contribution in [0.15, 0.2) is 55.2 Å². The van der Waals surface area contributed by atoms with Crippen molar-refractivity contribution in [3.05, 3.63) is 72.3 Å².